The van der Waals surface area contributed by atoms with E-state index in [4.69, 9.17) is 0 Å². The van der Waals surface area contributed by atoms with Crippen molar-refractivity contribution < 1.29 is 4.79 Å². The Labute approximate surface area is 125 Å². The number of benzene rings is 1. The zero-order chi connectivity index (χ0) is 13.0. The number of hydrogen-bond donors (Lipinski definition) is 0. The van der Waals surface area contributed by atoms with Crippen molar-refractivity contribution >= 4 is 43.1 Å². The molecule has 2 unspecified atom stereocenters. The van der Waals surface area contributed by atoms with Gasteiger partial charge in [-0.25, -0.2) is 0 Å². The summed E-state index contributed by atoms with van der Waals surface area (Å²) in [6, 6.07) is 6.15. The predicted molar refractivity (Wildman–Crippen MR) is 82.8 cm³/mol. The number of rotatable bonds is 2. The van der Waals surface area contributed by atoms with Crippen molar-refractivity contribution in [1.29, 1.82) is 0 Å². The van der Waals surface area contributed by atoms with Gasteiger partial charge in [0.05, 0.1) is 0 Å². The molecule has 0 spiro atoms. The zero-order valence-electron chi connectivity index (χ0n) is 10.6. The van der Waals surface area contributed by atoms with Crippen molar-refractivity contribution in [2.24, 2.45) is 17.8 Å². The van der Waals surface area contributed by atoms with Gasteiger partial charge in [-0.15, -0.1) is 11.3 Å². The average molecular weight is 335 g/mol. The molecule has 2 aliphatic rings. The summed E-state index contributed by atoms with van der Waals surface area (Å²) < 4.78 is 2.30. The summed E-state index contributed by atoms with van der Waals surface area (Å²) in [6.45, 7) is 0. The quantitative estimate of drug-likeness (QED) is 0.682. The van der Waals surface area contributed by atoms with E-state index in [0.29, 0.717) is 23.5 Å². The van der Waals surface area contributed by atoms with E-state index in [9.17, 15) is 4.79 Å². The predicted octanol–water partition coefficient (Wildman–Crippen LogP) is 5.28. The Bertz CT molecular complexity index is 648. The second-order valence-electron chi connectivity index (χ2n) is 5.77. The van der Waals surface area contributed by atoms with E-state index < -0.39 is 0 Å². The van der Waals surface area contributed by atoms with Gasteiger partial charge in [0, 0.05) is 31.4 Å². The van der Waals surface area contributed by atoms with Crippen LogP contribution in [0, 0.1) is 17.8 Å². The van der Waals surface area contributed by atoms with Gasteiger partial charge < -0.3 is 0 Å². The van der Waals surface area contributed by atoms with Crippen LogP contribution in [0.25, 0.3) is 10.1 Å². The number of halogens is 1. The molecule has 2 fully saturated rings. The molecule has 19 heavy (non-hydrogen) atoms. The third kappa shape index (κ3) is 1.82. The zero-order valence-corrected chi connectivity index (χ0v) is 13.0. The van der Waals surface area contributed by atoms with Crippen molar-refractivity contribution in [3.05, 3.63) is 33.6 Å². The third-order valence-corrected chi connectivity index (χ3v) is 6.73. The van der Waals surface area contributed by atoms with Crippen LogP contribution in [0.4, 0.5) is 0 Å². The molecule has 1 heterocycles. The van der Waals surface area contributed by atoms with Crippen molar-refractivity contribution in [2.45, 2.75) is 25.7 Å². The Balaban J connectivity index is 1.71. The second kappa shape index (κ2) is 4.42. The highest BCUT2D eigenvalue weighted by molar-refractivity contribution is 9.10. The van der Waals surface area contributed by atoms with E-state index in [1.807, 2.05) is 12.1 Å². The van der Waals surface area contributed by atoms with Crippen molar-refractivity contribution in [1.82, 2.24) is 0 Å². The van der Waals surface area contributed by atoms with Crippen LogP contribution in [-0.2, 0) is 0 Å². The molecule has 0 saturated heterocycles. The SMILES string of the molecule is O=C(c1csc2c(Br)cccc12)C1C2CCCCC21. The lowest BCUT2D eigenvalue weighted by atomic mass is 10.0. The number of hydrogen-bond acceptors (Lipinski definition) is 2. The molecule has 0 N–H and O–H groups in total. The number of thiophene rings is 1. The number of fused-ring (bicyclic) bond motifs is 2. The minimum atomic E-state index is 0.333. The smallest absolute Gasteiger partial charge is 0.167 e. The molecule has 4 rings (SSSR count). The van der Waals surface area contributed by atoms with Gasteiger partial charge in [-0.05, 0) is 46.7 Å². The molecular formula is C16H15BrOS. The molecule has 1 aromatic carbocycles. The van der Waals surface area contributed by atoms with Gasteiger partial charge in [-0.1, -0.05) is 25.0 Å². The van der Waals surface area contributed by atoms with Crippen LogP contribution in [0.1, 0.15) is 36.0 Å². The van der Waals surface area contributed by atoms with E-state index in [-0.39, 0.29) is 0 Å². The summed E-state index contributed by atoms with van der Waals surface area (Å²) in [7, 11) is 0. The maximum atomic E-state index is 12.8. The Morgan fingerprint density at radius 1 is 1.21 bits per heavy atom. The molecule has 0 radical (unpaired) electrons. The lowest BCUT2D eigenvalue weighted by molar-refractivity contribution is 0.0958. The highest BCUT2D eigenvalue weighted by atomic mass is 79.9. The molecule has 0 amide bonds. The summed E-state index contributed by atoms with van der Waals surface area (Å²) >= 11 is 5.25. The highest BCUT2D eigenvalue weighted by Gasteiger charge is 2.54. The first-order chi connectivity index (χ1) is 9.27. The second-order valence-corrected chi connectivity index (χ2v) is 7.50. The minimum Gasteiger partial charge on any atom is -0.294 e. The van der Waals surface area contributed by atoms with Gasteiger partial charge in [0.2, 0.25) is 0 Å². The fraction of sp³-hybridized carbons (Fsp3) is 0.438. The minimum absolute atomic E-state index is 0.333. The number of Topliss-reactive ketones (excluding diaryl/α,β-unsaturated/α-hetero) is 1. The Kier molecular flexibility index (Phi) is 2.82. The molecule has 0 aliphatic heterocycles. The molecule has 98 valence electrons. The molecular weight excluding hydrogens is 320 g/mol. The molecule has 2 saturated carbocycles. The highest BCUT2D eigenvalue weighted by Crippen LogP contribution is 2.57. The molecule has 2 aliphatic carbocycles. The van der Waals surface area contributed by atoms with Crippen LogP contribution in [0.3, 0.4) is 0 Å². The topological polar surface area (TPSA) is 17.1 Å². The molecule has 3 heteroatoms. The maximum absolute atomic E-state index is 12.8. The van der Waals surface area contributed by atoms with Crippen molar-refractivity contribution in [2.75, 3.05) is 0 Å². The van der Waals surface area contributed by atoms with Gasteiger partial charge in [0.25, 0.3) is 0 Å². The molecule has 0 bridgehead atoms. The third-order valence-electron chi connectivity index (χ3n) is 4.78. The van der Waals surface area contributed by atoms with Crippen molar-refractivity contribution in [3.8, 4) is 0 Å². The van der Waals surface area contributed by atoms with Crippen LogP contribution >= 0.6 is 27.3 Å². The summed E-state index contributed by atoms with van der Waals surface area (Å²) in [5.74, 6) is 2.13. The standard InChI is InChI=1S/C16H15BrOS/c17-13-7-3-6-11-12(8-19-16(11)13)15(18)14-9-4-1-2-5-10(9)14/h3,6-10,14H,1-2,4-5H2. The van der Waals surface area contributed by atoms with E-state index in [2.05, 4.69) is 27.4 Å². The Morgan fingerprint density at radius 3 is 2.68 bits per heavy atom. The largest absolute Gasteiger partial charge is 0.294 e. The van der Waals surface area contributed by atoms with Gasteiger partial charge in [0.1, 0.15) is 0 Å². The van der Waals surface area contributed by atoms with E-state index in [0.717, 1.165) is 15.4 Å². The van der Waals surface area contributed by atoms with Gasteiger partial charge in [-0.2, -0.15) is 0 Å². The number of carbonyl (C=O) groups is 1. The molecule has 1 nitrogen and oxygen atoms in total. The van der Waals surface area contributed by atoms with Crippen LogP contribution < -0.4 is 0 Å². The number of carbonyl (C=O) groups excluding carboxylic acids is 1. The normalized spacial score (nSPS) is 29.2. The van der Waals surface area contributed by atoms with Crippen molar-refractivity contribution in [3.63, 3.8) is 0 Å². The van der Waals surface area contributed by atoms with Crippen LogP contribution in [0.2, 0.25) is 0 Å². The first-order valence-corrected chi connectivity index (χ1v) is 8.64. The fourth-order valence-corrected chi connectivity index (χ4v) is 5.38. The summed E-state index contributed by atoms with van der Waals surface area (Å²) in [6.07, 6.45) is 5.18. The van der Waals surface area contributed by atoms with Gasteiger partial charge in [-0.3, -0.25) is 4.79 Å². The van der Waals surface area contributed by atoms with Gasteiger partial charge in [0.15, 0.2) is 5.78 Å². The number of ketones is 1. The lowest BCUT2D eigenvalue weighted by Crippen LogP contribution is -2.03. The molecule has 1 aromatic heterocycles. The first kappa shape index (κ1) is 12.1. The average Bonchev–Trinajstić information content (AvgIpc) is 2.99. The van der Waals surface area contributed by atoms with Crippen LogP contribution in [0.15, 0.2) is 28.1 Å². The van der Waals surface area contributed by atoms with E-state index in [1.54, 1.807) is 11.3 Å². The fourth-order valence-electron chi connectivity index (χ4n) is 3.77. The molecule has 2 aromatic rings. The first-order valence-electron chi connectivity index (χ1n) is 6.97. The van der Waals surface area contributed by atoms with Crippen LogP contribution in [0.5, 0.6) is 0 Å². The summed E-state index contributed by atoms with van der Waals surface area (Å²) in [4.78, 5) is 12.8. The molecule has 2 atom stereocenters. The Morgan fingerprint density at radius 2 is 1.95 bits per heavy atom. The van der Waals surface area contributed by atoms with E-state index in [1.165, 1.54) is 30.4 Å². The Hall–Kier alpha value is -0.670. The maximum Gasteiger partial charge on any atom is 0.167 e. The van der Waals surface area contributed by atoms with Gasteiger partial charge >= 0.3 is 0 Å². The lowest BCUT2D eigenvalue weighted by Gasteiger charge is -2.04. The van der Waals surface area contributed by atoms with E-state index >= 15 is 0 Å². The summed E-state index contributed by atoms with van der Waals surface area (Å²) in [5.41, 5.74) is 0.959. The monoisotopic (exact) mass is 334 g/mol. The van der Waals surface area contributed by atoms with Crippen LogP contribution in [-0.4, -0.2) is 5.78 Å². The summed E-state index contributed by atoms with van der Waals surface area (Å²) in [5, 5.41) is 3.19.